The average Bonchev–Trinajstić information content (AvgIpc) is 3.49. The first kappa shape index (κ1) is 21.5. The molecule has 0 aliphatic heterocycles. The van der Waals surface area contributed by atoms with Crippen LogP contribution in [0.1, 0.15) is 37.4 Å². The lowest BCUT2D eigenvalue weighted by Gasteiger charge is -2.08. The van der Waals surface area contributed by atoms with E-state index in [0.717, 1.165) is 52.3 Å². The number of nitrogens with zero attached hydrogens (tertiary/aromatic N) is 4. The van der Waals surface area contributed by atoms with Crippen LogP contribution in [-0.4, -0.2) is 34.4 Å². The van der Waals surface area contributed by atoms with E-state index in [9.17, 15) is 8.42 Å². The lowest BCUT2D eigenvalue weighted by Crippen LogP contribution is -2.05. The zero-order valence-corrected chi connectivity index (χ0v) is 19.6. The van der Waals surface area contributed by atoms with Crippen molar-refractivity contribution in [3.8, 4) is 33.8 Å². The molecule has 0 spiro atoms. The summed E-state index contributed by atoms with van der Waals surface area (Å²) < 4.78 is 25.7. The monoisotopic (exact) mass is 458 g/mol. The highest BCUT2D eigenvalue weighted by Crippen LogP contribution is 2.36. The number of benzene rings is 1. The number of pyridine rings is 2. The van der Waals surface area contributed by atoms with Crippen molar-refractivity contribution < 1.29 is 8.42 Å². The summed E-state index contributed by atoms with van der Waals surface area (Å²) >= 11 is 0. The van der Waals surface area contributed by atoms with Gasteiger partial charge in [0.25, 0.3) is 0 Å². The fourth-order valence-corrected chi connectivity index (χ4v) is 5.08. The topological polar surface area (TPSA) is 77.7 Å². The highest BCUT2D eigenvalue weighted by atomic mass is 32.2. The largest absolute Gasteiger partial charge is 0.268 e. The van der Waals surface area contributed by atoms with Crippen LogP contribution in [0.2, 0.25) is 0 Å². The molecule has 3 heterocycles. The van der Waals surface area contributed by atoms with Gasteiger partial charge in [-0.3, -0.25) is 14.6 Å². The Bertz CT molecular complexity index is 1400. The standard InChI is InChI=1S/C26H26N4O2S/c1-18-6-5-9-24(28-18)26-23(17-30(29-26)21-7-3-4-8-21)20-14-15-27-25(16-20)19-10-12-22(13-11-19)33(2,31)32/h5-6,9-17,21H,3-4,7-8H2,1-2H3. The van der Waals surface area contributed by atoms with Gasteiger partial charge in [-0.2, -0.15) is 5.10 Å². The van der Waals surface area contributed by atoms with E-state index in [4.69, 9.17) is 10.1 Å². The number of hydrogen-bond donors (Lipinski definition) is 0. The first-order valence-corrected chi connectivity index (χ1v) is 13.1. The first-order valence-electron chi connectivity index (χ1n) is 11.2. The Labute approximate surface area is 194 Å². The summed E-state index contributed by atoms with van der Waals surface area (Å²) in [6, 6.07) is 17.3. The molecule has 0 saturated heterocycles. The molecule has 0 amide bonds. The van der Waals surface area contributed by atoms with Crippen molar-refractivity contribution in [2.75, 3.05) is 6.26 Å². The maximum atomic E-state index is 11.8. The molecule has 6 nitrogen and oxygen atoms in total. The van der Waals surface area contributed by atoms with E-state index in [1.807, 2.05) is 37.3 Å². The molecule has 0 N–H and O–H groups in total. The zero-order chi connectivity index (χ0) is 23.0. The van der Waals surface area contributed by atoms with Crippen LogP contribution in [-0.2, 0) is 9.84 Å². The number of hydrogen-bond acceptors (Lipinski definition) is 5. The van der Waals surface area contributed by atoms with Crippen molar-refractivity contribution in [2.24, 2.45) is 0 Å². The molecule has 168 valence electrons. The van der Waals surface area contributed by atoms with Crippen molar-refractivity contribution in [1.82, 2.24) is 19.7 Å². The van der Waals surface area contributed by atoms with E-state index >= 15 is 0 Å². The van der Waals surface area contributed by atoms with Gasteiger partial charge in [0.15, 0.2) is 9.84 Å². The van der Waals surface area contributed by atoms with Gasteiger partial charge in [-0.1, -0.05) is 31.0 Å². The Morgan fingerprint density at radius 3 is 2.39 bits per heavy atom. The molecule has 0 radical (unpaired) electrons. The third-order valence-electron chi connectivity index (χ3n) is 6.21. The number of rotatable bonds is 5. The fraction of sp³-hybridized carbons (Fsp3) is 0.269. The third kappa shape index (κ3) is 4.46. The van der Waals surface area contributed by atoms with Crippen LogP contribution in [0.25, 0.3) is 33.8 Å². The Balaban J connectivity index is 1.59. The molecule has 1 saturated carbocycles. The molecular formula is C26H26N4O2S. The summed E-state index contributed by atoms with van der Waals surface area (Å²) in [5.41, 5.74) is 6.36. The molecular weight excluding hydrogens is 432 g/mol. The second-order valence-electron chi connectivity index (χ2n) is 8.70. The van der Waals surface area contributed by atoms with Gasteiger partial charge in [-0.25, -0.2) is 8.42 Å². The molecule has 3 aromatic heterocycles. The molecule has 5 rings (SSSR count). The van der Waals surface area contributed by atoms with E-state index in [1.54, 1.807) is 30.5 Å². The van der Waals surface area contributed by atoms with Crippen molar-refractivity contribution in [3.63, 3.8) is 0 Å². The summed E-state index contributed by atoms with van der Waals surface area (Å²) in [7, 11) is -3.24. The van der Waals surface area contributed by atoms with Crippen LogP contribution >= 0.6 is 0 Å². The molecule has 1 aromatic carbocycles. The van der Waals surface area contributed by atoms with E-state index in [-0.39, 0.29) is 0 Å². The maximum Gasteiger partial charge on any atom is 0.175 e. The molecule has 0 bridgehead atoms. The van der Waals surface area contributed by atoms with Gasteiger partial charge in [-0.05, 0) is 61.7 Å². The van der Waals surface area contributed by atoms with Crippen LogP contribution in [0.3, 0.4) is 0 Å². The van der Waals surface area contributed by atoms with Crippen LogP contribution in [0.4, 0.5) is 0 Å². The minimum Gasteiger partial charge on any atom is -0.268 e. The molecule has 4 aromatic rings. The van der Waals surface area contributed by atoms with Crippen LogP contribution in [0, 0.1) is 6.92 Å². The molecule has 7 heteroatoms. The smallest absolute Gasteiger partial charge is 0.175 e. The number of sulfone groups is 1. The van der Waals surface area contributed by atoms with Crippen molar-refractivity contribution in [2.45, 2.75) is 43.5 Å². The lowest BCUT2D eigenvalue weighted by atomic mass is 10.0. The summed E-state index contributed by atoms with van der Waals surface area (Å²) in [6.07, 6.45) is 9.91. The van der Waals surface area contributed by atoms with Gasteiger partial charge in [0.2, 0.25) is 0 Å². The van der Waals surface area contributed by atoms with Crippen molar-refractivity contribution >= 4 is 9.84 Å². The van der Waals surface area contributed by atoms with Crippen LogP contribution in [0.5, 0.6) is 0 Å². The SMILES string of the molecule is Cc1cccc(-c2nn(C3CCCC3)cc2-c2ccnc(-c3ccc(S(C)(=O)=O)cc3)c2)n1. The first-order chi connectivity index (χ1) is 15.9. The second kappa shape index (κ2) is 8.56. The van der Waals surface area contributed by atoms with Crippen molar-refractivity contribution in [3.05, 3.63) is 72.7 Å². The highest BCUT2D eigenvalue weighted by Gasteiger charge is 2.22. The van der Waals surface area contributed by atoms with Crippen molar-refractivity contribution in [1.29, 1.82) is 0 Å². The molecule has 0 atom stereocenters. The van der Waals surface area contributed by atoms with Gasteiger partial charge < -0.3 is 0 Å². The molecule has 0 unspecified atom stereocenters. The van der Waals surface area contributed by atoms with Gasteiger partial charge >= 0.3 is 0 Å². The zero-order valence-electron chi connectivity index (χ0n) is 18.8. The minimum atomic E-state index is -3.24. The van der Waals surface area contributed by atoms with Gasteiger partial charge in [0.05, 0.1) is 22.3 Å². The highest BCUT2D eigenvalue weighted by molar-refractivity contribution is 7.90. The fourth-order valence-electron chi connectivity index (χ4n) is 4.45. The van der Waals surface area contributed by atoms with Gasteiger partial charge in [0.1, 0.15) is 5.69 Å². The quantitative estimate of drug-likeness (QED) is 0.395. The minimum absolute atomic E-state index is 0.299. The summed E-state index contributed by atoms with van der Waals surface area (Å²) in [4.78, 5) is 9.57. The Kier molecular flexibility index (Phi) is 5.58. The van der Waals surface area contributed by atoms with Crippen LogP contribution < -0.4 is 0 Å². The van der Waals surface area contributed by atoms with Gasteiger partial charge in [-0.15, -0.1) is 0 Å². The second-order valence-corrected chi connectivity index (χ2v) is 10.7. The lowest BCUT2D eigenvalue weighted by molar-refractivity contribution is 0.468. The summed E-state index contributed by atoms with van der Waals surface area (Å²) in [6.45, 7) is 1.99. The number of aryl methyl sites for hydroxylation is 1. The van der Waals surface area contributed by atoms with Gasteiger partial charge in [0, 0.05) is 35.5 Å². The summed E-state index contributed by atoms with van der Waals surface area (Å²) in [5, 5.41) is 4.99. The van der Waals surface area contributed by atoms with Crippen LogP contribution in [0.15, 0.2) is 71.9 Å². The van der Waals surface area contributed by atoms with E-state index in [1.165, 1.54) is 19.1 Å². The molecule has 1 fully saturated rings. The predicted octanol–water partition coefficient (Wildman–Crippen LogP) is 5.50. The third-order valence-corrected chi connectivity index (χ3v) is 7.34. The summed E-state index contributed by atoms with van der Waals surface area (Å²) in [5.74, 6) is 0. The Morgan fingerprint density at radius 1 is 0.939 bits per heavy atom. The van der Waals surface area contributed by atoms with E-state index in [2.05, 4.69) is 15.9 Å². The predicted molar refractivity (Wildman–Crippen MR) is 129 cm³/mol. The maximum absolute atomic E-state index is 11.8. The Hall–Kier alpha value is -3.32. The number of aromatic nitrogens is 4. The van der Waals surface area contributed by atoms with E-state index in [0.29, 0.717) is 10.9 Å². The molecule has 1 aliphatic rings. The Morgan fingerprint density at radius 2 is 1.70 bits per heavy atom. The molecule has 33 heavy (non-hydrogen) atoms. The average molecular weight is 459 g/mol. The molecule has 1 aliphatic carbocycles. The normalized spacial score (nSPS) is 14.6. The van der Waals surface area contributed by atoms with E-state index < -0.39 is 9.84 Å².